The van der Waals surface area contributed by atoms with Crippen LogP contribution in [0.2, 0.25) is 0 Å². The van der Waals surface area contributed by atoms with E-state index in [1.54, 1.807) is 0 Å². The predicted molar refractivity (Wildman–Crippen MR) is 143 cm³/mol. The Kier molecular flexibility index (Phi) is 6.21. The van der Waals surface area contributed by atoms with E-state index in [1.807, 2.05) is 11.8 Å². The van der Waals surface area contributed by atoms with Crippen molar-refractivity contribution >= 4 is 40.2 Å². The number of hydrogen-bond acceptors (Lipinski definition) is 1. The Morgan fingerprint density at radius 3 is 1.03 bits per heavy atom. The molecule has 0 spiro atoms. The third-order valence-electron chi connectivity index (χ3n) is 5.89. The molecular formula is C30H25PS. The van der Waals surface area contributed by atoms with Crippen LogP contribution in [0.4, 0.5) is 0 Å². The predicted octanol–water partition coefficient (Wildman–Crippen LogP) is 6.19. The van der Waals surface area contributed by atoms with Crippen LogP contribution < -0.4 is 21.2 Å². The zero-order chi connectivity index (χ0) is 21.6. The summed E-state index contributed by atoms with van der Waals surface area (Å²) in [5.74, 6) is 0. The summed E-state index contributed by atoms with van der Waals surface area (Å²) < 4.78 is 0. The summed E-state index contributed by atoms with van der Waals surface area (Å²) in [4.78, 5) is 2.52. The van der Waals surface area contributed by atoms with Crippen LogP contribution in [0, 0.1) is 0 Å². The van der Waals surface area contributed by atoms with E-state index >= 15 is 0 Å². The molecule has 5 aromatic carbocycles. The van der Waals surface area contributed by atoms with Gasteiger partial charge < -0.3 is 0 Å². The normalized spacial score (nSPS) is 11.8. The third-order valence-corrected chi connectivity index (χ3v) is 11.7. The molecule has 0 nitrogen and oxygen atoms in total. The van der Waals surface area contributed by atoms with Crippen LogP contribution in [0.1, 0.15) is 0 Å². The van der Waals surface area contributed by atoms with Gasteiger partial charge >= 0.3 is 196 Å². The van der Waals surface area contributed by atoms with E-state index in [4.69, 9.17) is 0 Å². The SMILES string of the molecule is c1ccc(Sc2ccc([PH](c3ccccc3)(c3ccccc3)c3ccccc3)cc2)cc1. The average molecular weight is 449 g/mol. The maximum absolute atomic E-state index is 2.42. The van der Waals surface area contributed by atoms with E-state index in [0.717, 1.165) is 0 Å². The van der Waals surface area contributed by atoms with Crippen molar-refractivity contribution in [3.8, 4) is 0 Å². The van der Waals surface area contributed by atoms with Crippen molar-refractivity contribution in [1.82, 2.24) is 0 Å². The topological polar surface area (TPSA) is 0 Å². The van der Waals surface area contributed by atoms with E-state index in [2.05, 4.69) is 146 Å². The van der Waals surface area contributed by atoms with Crippen molar-refractivity contribution < 1.29 is 0 Å². The molecule has 2 heteroatoms. The second kappa shape index (κ2) is 9.57. The molecule has 0 radical (unpaired) electrons. The zero-order valence-corrected chi connectivity index (χ0v) is 19.6. The van der Waals surface area contributed by atoms with Gasteiger partial charge in [-0.15, -0.1) is 0 Å². The molecule has 0 bridgehead atoms. The fraction of sp³-hybridized carbons (Fsp3) is 0. The van der Waals surface area contributed by atoms with Gasteiger partial charge in [-0.25, -0.2) is 0 Å². The van der Waals surface area contributed by atoms with Gasteiger partial charge in [-0.3, -0.25) is 0 Å². The zero-order valence-electron chi connectivity index (χ0n) is 17.8. The van der Waals surface area contributed by atoms with Crippen LogP contribution in [0.5, 0.6) is 0 Å². The quantitative estimate of drug-likeness (QED) is 0.279. The van der Waals surface area contributed by atoms with E-state index in [0.29, 0.717) is 0 Å². The Labute approximate surface area is 195 Å². The Morgan fingerprint density at radius 2 is 0.625 bits per heavy atom. The van der Waals surface area contributed by atoms with Crippen molar-refractivity contribution in [2.24, 2.45) is 0 Å². The Hall–Kier alpha value is -3.12. The standard InChI is InChI=1S/C30H25PS/c1-5-13-25(14-6-1)31(26-15-7-2-8-16-26,27-17-9-3-10-18-27)28-21-23-30(24-22-28)32-29-19-11-4-12-20-29/h1-24,31H. The van der Waals surface area contributed by atoms with Crippen LogP contribution in [-0.4, -0.2) is 0 Å². The Bertz CT molecular complexity index is 1160. The molecule has 0 heterocycles. The minimum atomic E-state index is -2.42. The van der Waals surface area contributed by atoms with Crippen LogP contribution in [0.15, 0.2) is 155 Å². The molecule has 0 aliphatic rings. The number of hydrogen-bond donors (Lipinski definition) is 0. The summed E-state index contributed by atoms with van der Waals surface area (Å²) in [5, 5.41) is 5.61. The average Bonchev–Trinajstić information content (AvgIpc) is 2.88. The number of rotatable bonds is 6. The fourth-order valence-corrected chi connectivity index (χ4v) is 10.0. The molecule has 0 N–H and O–H groups in total. The minimum absolute atomic E-state index is 1.26. The fourth-order valence-electron chi connectivity index (χ4n) is 4.46. The molecule has 5 aromatic rings. The Balaban J connectivity index is 1.70. The molecule has 156 valence electrons. The van der Waals surface area contributed by atoms with E-state index < -0.39 is 7.26 Å². The van der Waals surface area contributed by atoms with Crippen LogP contribution in [0.3, 0.4) is 0 Å². The van der Waals surface area contributed by atoms with Gasteiger partial charge in [0, 0.05) is 0 Å². The van der Waals surface area contributed by atoms with Crippen LogP contribution >= 0.6 is 19.0 Å². The van der Waals surface area contributed by atoms with Crippen LogP contribution in [-0.2, 0) is 0 Å². The van der Waals surface area contributed by atoms with Gasteiger partial charge in [0.15, 0.2) is 0 Å². The van der Waals surface area contributed by atoms with Crippen molar-refractivity contribution in [2.45, 2.75) is 9.79 Å². The van der Waals surface area contributed by atoms with Crippen molar-refractivity contribution in [2.75, 3.05) is 0 Å². The van der Waals surface area contributed by atoms with Gasteiger partial charge in [0.2, 0.25) is 0 Å². The maximum atomic E-state index is 2.35. The number of benzene rings is 5. The molecule has 0 fully saturated rings. The molecular weight excluding hydrogens is 423 g/mol. The molecule has 0 aromatic heterocycles. The summed E-state index contributed by atoms with van der Waals surface area (Å²) >= 11 is 1.81. The second-order valence-electron chi connectivity index (χ2n) is 7.79. The molecule has 0 aliphatic heterocycles. The summed E-state index contributed by atoms with van der Waals surface area (Å²) in [7, 11) is -2.42. The van der Waals surface area contributed by atoms with Gasteiger partial charge in [-0.05, 0) is 0 Å². The summed E-state index contributed by atoms with van der Waals surface area (Å²) in [5.41, 5.74) is 0. The van der Waals surface area contributed by atoms with Gasteiger partial charge in [0.1, 0.15) is 0 Å². The van der Waals surface area contributed by atoms with Gasteiger partial charge in [0.25, 0.3) is 0 Å². The first-order chi connectivity index (χ1) is 15.9. The molecule has 0 unspecified atom stereocenters. The Morgan fingerprint density at radius 1 is 0.312 bits per heavy atom. The van der Waals surface area contributed by atoms with Gasteiger partial charge in [-0.1, -0.05) is 0 Å². The first kappa shape index (κ1) is 20.8. The van der Waals surface area contributed by atoms with Crippen molar-refractivity contribution in [1.29, 1.82) is 0 Å². The summed E-state index contributed by atoms with van der Waals surface area (Å²) in [6.45, 7) is 0. The van der Waals surface area contributed by atoms with Crippen molar-refractivity contribution in [3.63, 3.8) is 0 Å². The molecule has 0 saturated heterocycles. The van der Waals surface area contributed by atoms with Gasteiger partial charge in [-0.2, -0.15) is 0 Å². The summed E-state index contributed by atoms with van der Waals surface area (Å²) in [6.07, 6.45) is 0. The molecule has 32 heavy (non-hydrogen) atoms. The molecule has 0 atom stereocenters. The molecule has 0 amide bonds. The van der Waals surface area contributed by atoms with E-state index in [9.17, 15) is 0 Å². The first-order valence-corrected chi connectivity index (χ1v) is 13.7. The molecule has 0 aliphatic carbocycles. The van der Waals surface area contributed by atoms with E-state index in [-0.39, 0.29) is 0 Å². The second-order valence-corrected chi connectivity index (χ2v) is 12.7. The molecule has 5 rings (SSSR count). The van der Waals surface area contributed by atoms with Crippen molar-refractivity contribution in [3.05, 3.63) is 146 Å². The summed E-state index contributed by atoms with van der Waals surface area (Å²) in [6, 6.07) is 53.0. The van der Waals surface area contributed by atoms with E-state index in [1.165, 1.54) is 31.0 Å². The monoisotopic (exact) mass is 448 g/mol. The molecule has 0 saturated carbocycles. The third kappa shape index (κ3) is 4.02. The van der Waals surface area contributed by atoms with Gasteiger partial charge in [0.05, 0.1) is 0 Å². The van der Waals surface area contributed by atoms with Crippen LogP contribution in [0.25, 0.3) is 0 Å². The first-order valence-electron chi connectivity index (χ1n) is 10.9.